The van der Waals surface area contributed by atoms with Gasteiger partial charge in [-0.05, 0) is 24.1 Å². The maximum atomic E-state index is 12.0. The third-order valence-electron chi connectivity index (χ3n) is 3.21. The van der Waals surface area contributed by atoms with Crippen LogP contribution in [0.15, 0.2) is 24.3 Å². The summed E-state index contributed by atoms with van der Waals surface area (Å²) in [6.07, 6.45) is 5.73. The van der Waals surface area contributed by atoms with Crippen LogP contribution in [0, 0.1) is 29.6 Å². The molecule has 3 unspecified atom stereocenters. The second kappa shape index (κ2) is 6.56. The van der Waals surface area contributed by atoms with Gasteiger partial charge in [-0.25, -0.2) is 8.42 Å². The lowest BCUT2D eigenvalue weighted by Crippen LogP contribution is -2.31. The third kappa shape index (κ3) is 3.60. The Hall–Kier alpha value is -1.82. The Morgan fingerprint density at radius 3 is 2.25 bits per heavy atom. The summed E-state index contributed by atoms with van der Waals surface area (Å²) in [5.74, 6) is 1.89. The molecule has 0 radical (unpaired) electrons. The molecule has 0 bridgehead atoms. The number of aliphatic hydroxyl groups excluding tert-OH is 1. The number of sulfone groups is 1. The summed E-state index contributed by atoms with van der Waals surface area (Å²) < 4.78 is 23.9. The fourth-order valence-electron chi connectivity index (χ4n) is 2.11. The first-order chi connectivity index (χ1) is 9.35. The maximum absolute atomic E-state index is 12.0. The lowest BCUT2D eigenvalue weighted by molar-refractivity contribution is 0.126. The van der Waals surface area contributed by atoms with Crippen molar-refractivity contribution in [2.24, 2.45) is 5.92 Å². The Balaban J connectivity index is 3.27. The summed E-state index contributed by atoms with van der Waals surface area (Å²) >= 11 is 0. The zero-order valence-electron chi connectivity index (χ0n) is 11.4. The lowest BCUT2D eigenvalue weighted by Gasteiger charge is -2.25. The van der Waals surface area contributed by atoms with Gasteiger partial charge in [0, 0.05) is 12.2 Å². The molecule has 5 heteroatoms. The van der Waals surface area contributed by atoms with Crippen LogP contribution in [0.3, 0.4) is 0 Å². The molecule has 3 atom stereocenters. The Bertz CT molecular complexity index is 635. The van der Waals surface area contributed by atoms with E-state index in [0.29, 0.717) is 17.5 Å². The highest BCUT2D eigenvalue weighted by atomic mass is 32.2. The van der Waals surface area contributed by atoms with Crippen LogP contribution in [-0.2, 0) is 9.84 Å². The molecule has 4 nitrogen and oxygen atoms in total. The Labute approximate surface area is 120 Å². The topological polar surface area (TPSA) is 78.2 Å². The molecule has 0 spiro atoms. The normalized spacial score (nSPS) is 15.7. The largest absolute Gasteiger partial charge is 0.390 e. The monoisotopic (exact) mass is 291 g/mol. The molecule has 1 aromatic carbocycles. The van der Waals surface area contributed by atoms with E-state index < -0.39 is 27.1 Å². The van der Waals surface area contributed by atoms with Crippen LogP contribution < -0.4 is 0 Å². The van der Waals surface area contributed by atoms with Gasteiger partial charge in [0.15, 0.2) is 9.84 Å². The molecule has 0 saturated carbocycles. The molecule has 20 heavy (non-hydrogen) atoms. The summed E-state index contributed by atoms with van der Waals surface area (Å²) in [4.78, 5) is 0. The van der Waals surface area contributed by atoms with Crippen molar-refractivity contribution in [2.45, 2.75) is 24.7 Å². The lowest BCUT2D eigenvalue weighted by atomic mass is 9.94. The Kier molecular flexibility index (Phi) is 5.33. The van der Waals surface area contributed by atoms with E-state index in [9.17, 15) is 13.5 Å². The predicted molar refractivity (Wildman–Crippen MR) is 77.4 cm³/mol. The van der Waals surface area contributed by atoms with Crippen molar-refractivity contribution in [2.75, 3.05) is 6.26 Å². The highest BCUT2D eigenvalue weighted by Crippen LogP contribution is 2.30. The third-order valence-corrected chi connectivity index (χ3v) is 4.68. The molecule has 106 valence electrons. The van der Waals surface area contributed by atoms with Crippen molar-refractivity contribution in [1.29, 1.82) is 5.26 Å². The second-order valence-electron chi connectivity index (χ2n) is 4.66. The van der Waals surface area contributed by atoms with E-state index in [-0.39, 0.29) is 0 Å². The first-order valence-electron chi connectivity index (χ1n) is 6.18. The zero-order valence-corrected chi connectivity index (χ0v) is 12.3. The van der Waals surface area contributed by atoms with E-state index in [2.05, 4.69) is 5.92 Å². The summed E-state index contributed by atoms with van der Waals surface area (Å²) in [6.45, 7) is 1.80. The van der Waals surface area contributed by atoms with E-state index in [1.165, 1.54) is 24.3 Å². The van der Waals surface area contributed by atoms with Crippen molar-refractivity contribution in [3.05, 3.63) is 35.4 Å². The standard InChI is InChI=1S/C15H17NO3S/c1-4-12(5-2)14(17)15(20(3,18)19)13-8-6-11(10-16)7-9-13/h1,6-9,12,14-15,17H,5H2,2-3H3. The van der Waals surface area contributed by atoms with Gasteiger partial charge >= 0.3 is 0 Å². The second-order valence-corrected chi connectivity index (χ2v) is 6.82. The number of nitrogens with zero attached hydrogens (tertiary/aromatic N) is 1. The number of nitriles is 1. The van der Waals surface area contributed by atoms with Crippen molar-refractivity contribution in [1.82, 2.24) is 0 Å². The average Bonchev–Trinajstić information content (AvgIpc) is 2.39. The minimum Gasteiger partial charge on any atom is -0.390 e. The molecule has 1 N–H and O–H groups in total. The van der Waals surface area contributed by atoms with Crippen molar-refractivity contribution >= 4 is 9.84 Å². The Morgan fingerprint density at radius 2 is 1.90 bits per heavy atom. The zero-order chi connectivity index (χ0) is 15.3. The van der Waals surface area contributed by atoms with Crippen LogP contribution in [-0.4, -0.2) is 25.9 Å². The van der Waals surface area contributed by atoms with Gasteiger partial charge in [0.1, 0.15) is 5.25 Å². The maximum Gasteiger partial charge on any atom is 0.157 e. The summed E-state index contributed by atoms with van der Waals surface area (Å²) in [5.41, 5.74) is 0.868. The van der Waals surface area contributed by atoms with E-state index in [0.717, 1.165) is 6.26 Å². The number of terminal acetylenes is 1. The van der Waals surface area contributed by atoms with Gasteiger partial charge in [0.25, 0.3) is 0 Å². The molecule has 0 amide bonds. The van der Waals surface area contributed by atoms with Crippen LogP contribution in [0.1, 0.15) is 29.7 Å². The van der Waals surface area contributed by atoms with Gasteiger partial charge in [-0.15, -0.1) is 12.3 Å². The molecule has 1 rings (SSSR count). The highest BCUT2D eigenvalue weighted by molar-refractivity contribution is 7.91. The van der Waals surface area contributed by atoms with Crippen molar-refractivity contribution in [3.8, 4) is 18.4 Å². The molecular weight excluding hydrogens is 274 g/mol. The first-order valence-corrected chi connectivity index (χ1v) is 8.13. The van der Waals surface area contributed by atoms with E-state index >= 15 is 0 Å². The van der Waals surface area contributed by atoms with Gasteiger partial charge in [-0.3, -0.25) is 0 Å². The van der Waals surface area contributed by atoms with Gasteiger partial charge in [0.2, 0.25) is 0 Å². The highest BCUT2D eigenvalue weighted by Gasteiger charge is 2.34. The first kappa shape index (κ1) is 16.2. The predicted octanol–water partition coefficient (Wildman–Crippen LogP) is 1.66. The minimum atomic E-state index is -3.53. The number of benzene rings is 1. The molecule has 0 fully saturated rings. The summed E-state index contributed by atoms with van der Waals surface area (Å²) in [5, 5.41) is 18.0. The number of rotatable bonds is 5. The van der Waals surface area contributed by atoms with Crippen LogP contribution in [0.5, 0.6) is 0 Å². The summed E-state index contributed by atoms with van der Waals surface area (Å²) in [7, 11) is -3.53. The summed E-state index contributed by atoms with van der Waals surface area (Å²) in [6, 6.07) is 8.09. The van der Waals surface area contributed by atoms with Gasteiger partial charge in [-0.2, -0.15) is 5.26 Å². The van der Waals surface area contributed by atoms with Crippen molar-refractivity contribution in [3.63, 3.8) is 0 Å². The van der Waals surface area contributed by atoms with Crippen LogP contribution in [0.2, 0.25) is 0 Å². The molecule has 1 aromatic rings. The fourth-order valence-corrected chi connectivity index (χ4v) is 3.46. The number of hydrogen-bond donors (Lipinski definition) is 1. The van der Waals surface area contributed by atoms with E-state index in [1.807, 2.05) is 6.07 Å². The van der Waals surface area contributed by atoms with Crippen molar-refractivity contribution < 1.29 is 13.5 Å². The molecule has 0 aromatic heterocycles. The van der Waals surface area contributed by atoms with Gasteiger partial charge in [-0.1, -0.05) is 19.1 Å². The number of hydrogen-bond acceptors (Lipinski definition) is 4. The minimum absolute atomic E-state index is 0.430. The fraction of sp³-hybridized carbons (Fsp3) is 0.400. The van der Waals surface area contributed by atoms with E-state index in [1.54, 1.807) is 6.92 Å². The van der Waals surface area contributed by atoms with Gasteiger partial charge in [0.05, 0.1) is 17.7 Å². The van der Waals surface area contributed by atoms with Crippen LogP contribution in [0.4, 0.5) is 0 Å². The number of aliphatic hydroxyl groups is 1. The average molecular weight is 291 g/mol. The van der Waals surface area contributed by atoms with Gasteiger partial charge < -0.3 is 5.11 Å². The molecule has 0 aliphatic heterocycles. The quantitative estimate of drug-likeness (QED) is 0.837. The van der Waals surface area contributed by atoms with E-state index in [4.69, 9.17) is 11.7 Å². The molecule has 0 saturated heterocycles. The molecule has 0 aliphatic rings. The van der Waals surface area contributed by atoms with Crippen LogP contribution >= 0.6 is 0 Å². The molecular formula is C15H17NO3S. The smallest absolute Gasteiger partial charge is 0.157 e. The molecule has 0 heterocycles. The molecule has 0 aliphatic carbocycles. The SMILES string of the molecule is C#CC(CC)C(O)C(c1ccc(C#N)cc1)S(C)(=O)=O. The Morgan fingerprint density at radius 1 is 1.35 bits per heavy atom. The van der Waals surface area contributed by atoms with Crippen LogP contribution in [0.25, 0.3) is 0 Å².